The van der Waals surface area contributed by atoms with E-state index in [0.717, 1.165) is 0 Å². The van der Waals surface area contributed by atoms with E-state index in [2.05, 4.69) is 16.0 Å². The first kappa shape index (κ1) is 27.7. The Hall–Kier alpha value is -2.34. The molecular formula is C18H33N5O6S. The van der Waals surface area contributed by atoms with Gasteiger partial charge in [0.2, 0.25) is 23.6 Å². The third kappa shape index (κ3) is 10.4. The molecule has 8 N–H and O–H groups in total. The van der Waals surface area contributed by atoms with Crippen molar-refractivity contribution in [3.63, 3.8) is 0 Å². The monoisotopic (exact) mass is 447 g/mol. The number of rotatable bonds is 14. The number of hydrogen-bond donors (Lipinski definition) is 6. The lowest BCUT2D eigenvalue weighted by Crippen LogP contribution is -2.57. The van der Waals surface area contributed by atoms with E-state index in [1.54, 1.807) is 13.8 Å². The fourth-order valence-electron chi connectivity index (χ4n) is 2.28. The molecule has 0 aromatic heterocycles. The Labute approximate surface area is 180 Å². The predicted octanol–water partition coefficient (Wildman–Crippen LogP) is -1.45. The van der Waals surface area contributed by atoms with Gasteiger partial charge in [0.15, 0.2) is 0 Å². The highest BCUT2D eigenvalue weighted by atomic mass is 32.2. The molecule has 4 amide bonds. The van der Waals surface area contributed by atoms with E-state index >= 15 is 0 Å². The molecule has 0 aliphatic carbocycles. The highest BCUT2D eigenvalue weighted by molar-refractivity contribution is 7.98. The summed E-state index contributed by atoms with van der Waals surface area (Å²) < 4.78 is 0. The zero-order valence-corrected chi connectivity index (χ0v) is 18.6. The van der Waals surface area contributed by atoms with Crippen LogP contribution in [0.3, 0.4) is 0 Å². The summed E-state index contributed by atoms with van der Waals surface area (Å²) in [5.74, 6) is -3.41. The summed E-state index contributed by atoms with van der Waals surface area (Å²) in [6.45, 7) is 4.81. The predicted molar refractivity (Wildman–Crippen MR) is 113 cm³/mol. The first-order valence-electron chi connectivity index (χ1n) is 9.57. The van der Waals surface area contributed by atoms with Crippen molar-refractivity contribution in [1.82, 2.24) is 16.0 Å². The topological polar surface area (TPSA) is 194 Å². The zero-order chi connectivity index (χ0) is 23.4. The number of aliphatic carboxylic acids is 1. The molecule has 4 unspecified atom stereocenters. The third-order valence-electron chi connectivity index (χ3n) is 4.31. The van der Waals surface area contributed by atoms with Gasteiger partial charge in [0.25, 0.3) is 0 Å². The number of nitrogens with one attached hydrogen (secondary N) is 3. The molecule has 4 atom stereocenters. The fourth-order valence-corrected chi connectivity index (χ4v) is 2.75. The maximum absolute atomic E-state index is 12.8. The third-order valence-corrected chi connectivity index (χ3v) is 4.95. The number of hydrogen-bond acceptors (Lipinski definition) is 7. The van der Waals surface area contributed by atoms with Crippen LogP contribution < -0.4 is 27.4 Å². The molecule has 0 spiro atoms. The van der Waals surface area contributed by atoms with Crippen molar-refractivity contribution in [2.75, 3.05) is 12.0 Å². The molecule has 0 radical (unpaired) electrons. The summed E-state index contributed by atoms with van der Waals surface area (Å²) in [7, 11) is 0. The number of nitrogens with two attached hydrogens (primary N) is 2. The molecule has 0 heterocycles. The second-order valence-electron chi connectivity index (χ2n) is 7.25. The van der Waals surface area contributed by atoms with Crippen LogP contribution in [0, 0.1) is 5.92 Å². The normalized spacial score (nSPS) is 14.9. The van der Waals surface area contributed by atoms with Crippen LogP contribution >= 0.6 is 11.8 Å². The zero-order valence-electron chi connectivity index (χ0n) is 17.8. The summed E-state index contributed by atoms with van der Waals surface area (Å²) in [6.07, 6.45) is 1.82. The van der Waals surface area contributed by atoms with Crippen molar-refractivity contribution in [3.8, 4) is 0 Å². The lowest BCUT2D eigenvalue weighted by Gasteiger charge is -2.25. The lowest BCUT2D eigenvalue weighted by molar-refractivity contribution is -0.142. The van der Waals surface area contributed by atoms with Crippen LogP contribution in [0.4, 0.5) is 0 Å². The Morgan fingerprint density at radius 1 is 0.900 bits per heavy atom. The van der Waals surface area contributed by atoms with Gasteiger partial charge >= 0.3 is 5.97 Å². The van der Waals surface area contributed by atoms with Crippen molar-refractivity contribution in [2.24, 2.45) is 17.4 Å². The highest BCUT2D eigenvalue weighted by Crippen LogP contribution is 2.06. The van der Waals surface area contributed by atoms with Gasteiger partial charge in [0, 0.05) is 6.42 Å². The van der Waals surface area contributed by atoms with Crippen LogP contribution in [-0.4, -0.2) is 70.9 Å². The number of carbonyl (C=O) groups excluding carboxylic acids is 4. The summed E-state index contributed by atoms with van der Waals surface area (Å²) in [5.41, 5.74) is 11.0. The van der Waals surface area contributed by atoms with Gasteiger partial charge in [0.1, 0.15) is 18.1 Å². The maximum atomic E-state index is 12.8. The van der Waals surface area contributed by atoms with Crippen LogP contribution in [0.1, 0.15) is 40.0 Å². The van der Waals surface area contributed by atoms with Crippen molar-refractivity contribution in [2.45, 2.75) is 64.2 Å². The van der Waals surface area contributed by atoms with E-state index < -0.39 is 53.8 Å². The quantitative estimate of drug-likeness (QED) is 0.186. The molecule has 172 valence electrons. The molecular weight excluding hydrogens is 414 g/mol. The molecule has 0 bridgehead atoms. The SMILES string of the molecule is CSCCC(NC(=O)C(N)C(C)C)C(=O)NC(CCC(N)=O)C(=O)NC(C)C(=O)O. The van der Waals surface area contributed by atoms with Crippen molar-refractivity contribution < 1.29 is 29.1 Å². The number of carbonyl (C=O) groups is 5. The van der Waals surface area contributed by atoms with Crippen LogP contribution in [0.5, 0.6) is 0 Å². The average Bonchev–Trinajstić information content (AvgIpc) is 2.66. The number of carboxylic acid groups (broad SMARTS) is 1. The first-order chi connectivity index (χ1) is 13.9. The van der Waals surface area contributed by atoms with Crippen LogP contribution in [0.25, 0.3) is 0 Å². The maximum Gasteiger partial charge on any atom is 0.325 e. The second-order valence-corrected chi connectivity index (χ2v) is 8.23. The largest absolute Gasteiger partial charge is 0.480 e. The van der Waals surface area contributed by atoms with E-state index in [1.807, 2.05) is 6.26 Å². The molecule has 0 fully saturated rings. The smallest absolute Gasteiger partial charge is 0.325 e. The summed E-state index contributed by atoms with van der Waals surface area (Å²) in [5, 5.41) is 16.3. The number of primary amides is 1. The summed E-state index contributed by atoms with van der Waals surface area (Å²) >= 11 is 1.47. The van der Waals surface area contributed by atoms with Crippen molar-refractivity contribution >= 4 is 41.4 Å². The molecule has 11 nitrogen and oxygen atoms in total. The summed E-state index contributed by atoms with van der Waals surface area (Å²) in [4.78, 5) is 59.6. The average molecular weight is 448 g/mol. The van der Waals surface area contributed by atoms with Gasteiger partial charge in [-0.05, 0) is 37.7 Å². The van der Waals surface area contributed by atoms with Gasteiger partial charge in [-0.3, -0.25) is 24.0 Å². The molecule has 30 heavy (non-hydrogen) atoms. The Morgan fingerprint density at radius 3 is 1.87 bits per heavy atom. The molecule has 0 aliphatic rings. The van der Waals surface area contributed by atoms with E-state index in [-0.39, 0.29) is 18.8 Å². The van der Waals surface area contributed by atoms with E-state index in [4.69, 9.17) is 16.6 Å². The lowest BCUT2D eigenvalue weighted by atomic mass is 10.0. The van der Waals surface area contributed by atoms with Gasteiger partial charge in [-0.25, -0.2) is 0 Å². The van der Waals surface area contributed by atoms with Crippen molar-refractivity contribution in [3.05, 3.63) is 0 Å². The molecule has 12 heteroatoms. The van der Waals surface area contributed by atoms with E-state index in [0.29, 0.717) is 12.2 Å². The fraction of sp³-hybridized carbons (Fsp3) is 0.722. The number of carboxylic acids is 1. The molecule has 0 saturated carbocycles. The molecule has 0 aromatic rings. The van der Waals surface area contributed by atoms with E-state index in [9.17, 15) is 24.0 Å². The number of thioether (sulfide) groups is 1. The summed E-state index contributed by atoms with van der Waals surface area (Å²) in [6, 6.07) is -4.14. The second kappa shape index (κ2) is 13.8. The van der Waals surface area contributed by atoms with Gasteiger partial charge in [-0.15, -0.1) is 0 Å². The van der Waals surface area contributed by atoms with Gasteiger partial charge in [-0.1, -0.05) is 13.8 Å². The van der Waals surface area contributed by atoms with Gasteiger partial charge in [-0.2, -0.15) is 11.8 Å². The Balaban J connectivity index is 5.36. The van der Waals surface area contributed by atoms with Crippen LogP contribution in [-0.2, 0) is 24.0 Å². The Morgan fingerprint density at radius 2 is 1.40 bits per heavy atom. The number of amides is 4. The molecule has 0 rings (SSSR count). The first-order valence-corrected chi connectivity index (χ1v) is 11.0. The van der Waals surface area contributed by atoms with E-state index in [1.165, 1.54) is 18.7 Å². The highest BCUT2D eigenvalue weighted by Gasteiger charge is 2.29. The molecule has 0 aromatic carbocycles. The minimum atomic E-state index is -1.25. The minimum Gasteiger partial charge on any atom is -0.480 e. The van der Waals surface area contributed by atoms with Gasteiger partial charge in [0.05, 0.1) is 6.04 Å². The van der Waals surface area contributed by atoms with Crippen LogP contribution in [0.15, 0.2) is 0 Å². The molecule has 0 aliphatic heterocycles. The molecule has 0 saturated heterocycles. The van der Waals surface area contributed by atoms with Crippen LogP contribution in [0.2, 0.25) is 0 Å². The minimum absolute atomic E-state index is 0.117. The van der Waals surface area contributed by atoms with Gasteiger partial charge < -0.3 is 32.5 Å². The standard InChI is InChI=1S/C18H33N5O6S/c1-9(2)14(20)17(27)23-12(7-8-30-4)16(26)22-11(5-6-13(19)24)15(25)21-10(3)18(28)29/h9-12,14H,5-8,20H2,1-4H3,(H2,19,24)(H,21,25)(H,22,26)(H,23,27)(H,28,29). The van der Waals surface area contributed by atoms with Crippen molar-refractivity contribution in [1.29, 1.82) is 0 Å². The Kier molecular flexibility index (Phi) is 12.7. The Bertz CT molecular complexity index is 630.